The minimum Gasteiger partial charge on any atom is -0.394 e. The standard InChI is InChI=1S/C8H18O3/c1-2-3-4-8(10)7-11-6-5-9/h8-10H,2-7H2,1H3. The maximum atomic E-state index is 9.20. The number of rotatable bonds is 7. The molecule has 0 spiro atoms. The van der Waals surface area contributed by atoms with Crippen molar-refractivity contribution in [3.05, 3.63) is 0 Å². The minimum atomic E-state index is -0.360. The summed E-state index contributed by atoms with van der Waals surface area (Å²) in [6.07, 6.45) is 2.56. The molecule has 0 aromatic carbocycles. The van der Waals surface area contributed by atoms with E-state index >= 15 is 0 Å². The van der Waals surface area contributed by atoms with E-state index in [-0.39, 0.29) is 12.7 Å². The fourth-order valence-corrected chi connectivity index (χ4v) is 0.807. The van der Waals surface area contributed by atoms with E-state index in [4.69, 9.17) is 9.84 Å². The summed E-state index contributed by atoms with van der Waals surface area (Å²) in [6.45, 7) is 2.78. The quantitative estimate of drug-likeness (QED) is 0.537. The SMILES string of the molecule is CCCCC(O)COCCO. The highest BCUT2D eigenvalue weighted by molar-refractivity contribution is 4.52. The molecule has 0 rings (SSSR count). The van der Waals surface area contributed by atoms with E-state index < -0.39 is 0 Å². The van der Waals surface area contributed by atoms with E-state index in [1.165, 1.54) is 0 Å². The Bertz CT molecular complexity index is 75.7. The van der Waals surface area contributed by atoms with Gasteiger partial charge in [0.1, 0.15) is 0 Å². The molecule has 0 aliphatic heterocycles. The van der Waals surface area contributed by atoms with Crippen LogP contribution >= 0.6 is 0 Å². The van der Waals surface area contributed by atoms with E-state index in [0.717, 1.165) is 19.3 Å². The first-order valence-electron chi connectivity index (χ1n) is 4.18. The van der Waals surface area contributed by atoms with Crippen LogP contribution in [0.1, 0.15) is 26.2 Å². The molecule has 1 atom stereocenters. The molecule has 0 aromatic heterocycles. The van der Waals surface area contributed by atoms with Gasteiger partial charge in [0.25, 0.3) is 0 Å². The van der Waals surface area contributed by atoms with Crippen molar-refractivity contribution < 1.29 is 14.9 Å². The van der Waals surface area contributed by atoms with Gasteiger partial charge in [0.05, 0.1) is 25.9 Å². The van der Waals surface area contributed by atoms with Crippen molar-refractivity contribution in [3.8, 4) is 0 Å². The Kier molecular flexibility index (Phi) is 7.89. The molecule has 3 heteroatoms. The molecule has 0 saturated heterocycles. The molecule has 3 nitrogen and oxygen atoms in total. The maximum Gasteiger partial charge on any atom is 0.0773 e. The first-order chi connectivity index (χ1) is 5.31. The highest BCUT2D eigenvalue weighted by Crippen LogP contribution is 1.99. The Labute approximate surface area is 68.0 Å². The van der Waals surface area contributed by atoms with Gasteiger partial charge in [0.15, 0.2) is 0 Å². The Morgan fingerprint density at radius 3 is 2.73 bits per heavy atom. The number of ether oxygens (including phenoxy) is 1. The number of hydrogen-bond donors (Lipinski definition) is 2. The molecule has 0 fully saturated rings. The normalized spacial score (nSPS) is 13.4. The van der Waals surface area contributed by atoms with Crippen LogP contribution in [0.2, 0.25) is 0 Å². The van der Waals surface area contributed by atoms with Crippen LogP contribution in [0.5, 0.6) is 0 Å². The molecule has 0 aromatic rings. The van der Waals surface area contributed by atoms with E-state index in [1.54, 1.807) is 0 Å². The minimum absolute atomic E-state index is 0.0283. The van der Waals surface area contributed by atoms with Gasteiger partial charge in [0.2, 0.25) is 0 Å². The average molecular weight is 162 g/mol. The van der Waals surface area contributed by atoms with Crippen molar-refractivity contribution in [1.82, 2.24) is 0 Å². The zero-order chi connectivity index (χ0) is 8.53. The smallest absolute Gasteiger partial charge is 0.0773 e. The van der Waals surface area contributed by atoms with Gasteiger partial charge in [-0.1, -0.05) is 19.8 Å². The summed E-state index contributed by atoms with van der Waals surface area (Å²) in [5.41, 5.74) is 0. The van der Waals surface area contributed by atoms with Gasteiger partial charge < -0.3 is 14.9 Å². The fourth-order valence-electron chi connectivity index (χ4n) is 0.807. The van der Waals surface area contributed by atoms with Crippen LogP contribution in [-0.4, -0.2) is 36.1 Å². The summed E-state index contributed by atoms with van der Waals surface area (Å²) in [5.74, 6) is 0. The molecule has 0 saturated carbocycles. The van der Waals surface area contributed by atoms with Crippen LogP contribution in [0.3, 0.4) is 0 Å². The molecule has 0 aliphatic carbocycles. The molecule has 68 valence electrons. The Hall–Kier alpha value is -0.120. The average Bonchev–Trinajstić information content (AvgIpc) is 2.01. The van der Waals surface area contributed by atoms with Gasteiger partial charge in [-0.2, -0.15) is 0 Å². The van der Waals surface area contributed by atoms with Crippen molar-refractivity contribution in [2.24, 2.45) is 0 Å². The van der Waals surface area contributed by atoms with Crippen molar-refractivity contribution >= 4 is 0 Å². The van der Waals surface area contributed by atoms with E-state index in [1.807, 2.05) is 0 Å². The lowest BCUT2D eigenvalue weighted by molar-refractivity contribution is 0.0172. The first kappa shape index (κ1) is 10.9. The molecule has 0 bridgehead atoms. The third kappa shape index (κ3) is 7.78. The molecule has 2 N–H and O–H groups in total. The predicted octanol–water partition coefficient (Wildman–Crippen LogP) is 0.546. The van der Waals surface area contributed by atoms with Crippen molar-refractivity contribution in [1.29, 1.82) is 0 Å². The first-order valence-corrected chi connectivity index (χ1v) is 4.18. The Balaban J connectivity index is 3.02. The topological polar surface area (TPSA) is 49.7 Å². The fraction of sp³-hybridized carbons (Fsp3) is 1.00. The Morgan fingerprint density at radius 2 is 2.18 bits per heavy atom. The van der Waals surface area contributed by atoms with Gasteiger partial charge in [0, 0.05) is 0 Å². The van der Waals surface area contributed by atoms with Crippen molar-refractivity contribution in [2.75, 3.05) is 19.8 Å². The van der Waals surface area contributed by atoms with Crippen molar-refractivity contribution in [2.45, 2.75) is 32.3 Å². The summed E-state index contributed by atoms with van der Waals surface area (Å²) in [4.78, 5) is 0. The number of aliphatic hydroxyl groups excluding tert-OH is 2. The third-order valence-corrected chi connectivity index (χ3v) is 1.44. The predicted molar refractivity (Wildman–Crippen MR) is 43.4 cm³/mol. The van der Waals surface area contributed by atoms with Gasteiger partial charge in [-0.3, -0.25) is 0 Å². The zero-order valence-electron chi connectivity index (χ0n) is 7.12. The van der Waals surface area contributed by atoms with E-state index in [2.05, 4.69) is 6.92 Å². The van der Waals surface area contributed by atoms with Crippen LogP contribution in [0.25, 0.3) is 0 Å². The Morgan fingerprint density at radius 1 is 1.45 bits per heavy atom. The van der Waals surface area contributed by atoms with Crippen LogP contribution in [0, 0.1) is 0 Å². The molecular weight excluding hydrogens is 144 g/mol. The lowest BCUT2D eigenvalue weighted by Crippen LogP contribution is -2.16. The second kappa shape index (κ2) is 7.98. The molecule has 0 aliphatic rings. The summed E-state index contributed by atoms with van der Waals surface area (Å²) >= 11 is 0. The second-order valence-corrected chi connectivity index (χ2v) is 2.59. The highest BCUT2D eigenvalue weighted by Gasteiger charge is 2.01. The van der Waals surface area contributed by atoms with E-state index in [0.29, 0.717) is 13.2 Å². The van der Waals surface area contributed by atoms with Crippen LogP contribution < -0.4 is 0 Å². The van der Waals surface area contributed by atoms with Gasteiger partial charge >= 0.3 is 0 Å². The van der Waals surface area contributed by atoms with Gasteiger partial charge in [-0.15, -0.1) is 0 Å². The van der Waals surface area contributed by atoms with Gasteiger partial charge in [-0.05, 0) is 6.42 Å². The molecule has 11 heavy (non-hydrogen) atoms. The number of aliphatic hydroxyl groups is 2. The number of hydrogen-bond acceptors (Lipinski definition) is 3. The van der Waals surface area contributed by atoms with Crippen LogP contribution in [0.4, 0.5) is 0 Å². The van der Waals surface area contributed by atoms with E-state index in [9.17, 15) is 5.11 Å². The maximum absolute atomic E-state index is 9.20. The summed E-state index contributed by atoms with van der Waals surface area (Å²) in [5, 5.41) is 17.5. The zero-order valence-corrected chi connectivity index (χ0v) is 7.12. The van der Waals surface area contributed by atoms with Crippen molar-refractivity contribution in [3.63, 3.8) is 0 Å². The molecule has 0 heterocycles. The third-order valence-electron chi connectivity index (χ3n) is 1.44. The lowest BCUT2D eigenvalue weighted by atomic mass is 10.2. The summed E-state index contributed by atoms with van der Waals surface area (Å²) in [6, 6.07) is 0. The molecule has 0 amide bonds. The van der Waals surface area contributed by atoms with Crippen LogP contribution in [-0.2, 0) is 4.74 Å². The van der Waals surface area contributed by atoms with Gasteiger partial charge in [-0.25, -0.2) is 0 Å². The molecule has 1 unspecified atom stereocenters. The number of unbranched alkanes of at least 4 members (excludes halogenated alkanes) is 1. The lowest BCUT2D eigenvalue weighted by Gasteiger charge is -2.09. The highest BCUT2D eigenvalue weighted by atomic mass is 16.5. The second-order valence-electron chi connectivity index (χ2n) is 2.59. The summed E-state index contributed by atoms with van der Waals surface area (Å²) < 4.78 is 4.94. The largest absolute Gasteiger partial charge is 0.394 e. The molecular formula is C8H18O3. The van der Waals surface area contributed by atoms with Crippen LogP contribution in [0.15, 0.2) is 0 Å². The summed E-state index contributed by atoms with van der Waals surface area (Å²) in [7, 11) is 0. The monoisotopic (exact) mass is 162 g/mol. The molecule has 0 radical (unpaired) electrons.